The van der Waals surface area contributed by atoms with Crippen molar-refractivity contribution in [1.82, 2.24) is 14.9 Å². The molecule has 2 aromatic rings. The summed E-state index contributed by atoms with van der Waals surface area (Å²) in [5.74, 6) is 1.64. The molecule has 1 amide bonds. The third-order valence-corrected chi connectivity index (χ3v) is 4.24. The SMILES string of the molecule is Cc1cc(N[C@@H]2CC(=O)N(Cc3ccc(F)cc3)C2)nc(C(C)C)n1. The fourth-order valence-corrected chi connectivity index (χ4v) is 2.96. The number of benzene rings is 1. The van der Waals surface area contributed by atoms with E-state index in [1.807, 2.05) is 13.0 Å². The highest BCUT2D eigenvalue weighted by Crippen LogP contribution is 2.20. The van der Waals surface area contributed by atoms with Gasteiger partial charge in [0.05, 0.1) is 6.04 Å². The minimum atomic E-state index is -0.267. The lowest BCUT2D eigenvalue weighted by Gasteiger charge is -2.18. The number of rotatable bonds is 5. The van der Waals surface area contributed by atoms with Crippen LogP contribution in [0.4, 0.5) is 10.2 Å². The molecule has 5 nitrogen and oxygen atoms in total. The van der Waals surface area contributed by atoms with Gasteiger partial charge in [0.25, 0.3) is 0 Å². The Balaban J connectivity index is 1.65. The molecule has 1 saturated heterocycles. The predicted molar refractivity (Wildman–Crippen MR) is 94.7 cm³/mol. The van der Waals surface area contributed by atoms with Crippen LogP contribution in [0.3, 0.4) is 0 Å². The molecular formula is C19H23FN4O. The van der Waals surface area contributed by atoms with Gasteiger partial charge in [-0.3, -0.25) is 4.79 Å². The number of carbonyl (C=O) groups excluding carboxylic acids is 1. The lowest BCUT2D eigenvalue weighted by Crippen LogP contribution is -2.28. The molecule has 3 rings (SSSR count). The van der Waals surface area contributed by atoms with E-state index in [2.05, 4.69) is 29.1 Å². The van der Waals surface area contributed by atoms with Gasteiger partial charge in [0.15, 0.2) is 0 Å². The minimum absolute atomic E-state index is 0.0160. The summed E-state index contributed by atoms with van der Waals surface area (Å²) in [5.41, 5.74) is 1.84. The Hall–Kier alpha value is -2.50. The first-order valence-electron chi connectivity index (χ1n) is 8.55. The molecular weight excluding hydrogens is 319 g/mol. The summed E-state index contributed by atoms with van der Waals surface area (Å²) < 4.78 is 13.0. The van der Waals surface area contributed by atoms with Crippen molar-refractivity contribution in [2.24, 2.45) is 0 Å². The maximum atomic E-state index is 13.0. The van der Waals surface area contributed by atoms with Crippen LogP contribution >= 0.6 is 0 Å². The van der Waals surface area contributed by atoms with Gasteiger partial charge < -0.3 is 10.2 Å². The second kappa shape index (κ2) is 7.17. The summed E-state index contributed by atoms with van der Waals surface area (Å²) in [7, 11) is 0. The van der Waals surface area contributed by atoms with Crippen molar-refractivity contribution in [2.75, 3.05) is 11.9 Å². The number of amides is 1. The number of aryl methyl sites for hydroxylation is 1. The number of nitrogens with zero attached hydrogens (tertiary/aromatic N) is 3. The maximum Gasteiger partial charge on any atom is 0.225 e. The molecule has 0 bridgehead atoms. The topological polar surface area (TPSA) is 58.1 Å². The van der Waals surface area contributed by atoms with Crippen molar-refractivity contribution in [3.63, 3.8) is 0 Å². The molecule has 0 aliphatic carbocycles. The van der Waals surface area contributed by atoms with E-state index in [4.69, 9.17) is 0 Å². The molecule has 1 N–H and O–H groups in total. The quantitative estimate of drug-likeness (QED) is 0.906. The predicted octanol–water partition coefficient (Wildman–Crippen LogP) is 3.26. The van der Waals surface area contributed by atoms with E-state index >= 15 is 0 Å². The highest BCUT2D eigenvalue weighted by Gasteiger charge is 2.29. The summed E-state index contributed by atoms with van der Waals surface area (Å²) >= 11 is 0. The van der Waals surface area contributed by atoms with Crippen LogP contribution in [0.15, 0.2) is 30.3 Å². The zero-order chi connectivity index (χ0) is 18.0. The van der Waals surface area contributed by atoms with E-state index in [-0.39, 0.29) is 23.7 Å². The Morgan fingerprint density at radius 3 is 2.68 bits per heavy atom. The molecule has 0 spiro atoms. The number of aromatic nitrogens is 2. The minimum Gasteiger partial charge on any atom is -0.365 e. The van der Waals surface area contributed by atoms with Gasteiger partial charge in [0, 0.05) is 37.2 Å². The van der Waals surface area contributed by atoms with E-state index in [1.54, 1.807) is 17.0 Å². The summed E-state index contributed by atoms with van der Waals surface area (Å²) in [6.07, 6.45) is 0.432. The third kappa shape index (κ3) is 4.32. The maximum absolute atomic E-state index is 13.0. The van der Waals surface area contributed by atoms with Gasteiger partial charge in [-0.2, -0.15) is 0 Å². The Morgan fingerprint density at radius 1 is 1.28 bits per heavy atom. The lowest BCUT2D eigenvalue weighted by molar-refractivity contribution is -0.128. The van der Waals surface area contributed by atoms with Crippen molar-refractivity contribution < 1.29 is 9.18 Å². The van der Waals surface area contributed by atoms with E-state index in [0.29, 0.717) is 19.5 Å². The van der Waals surface area contributed by atoms with Crippen molar-refractivity contribution in [1.29, 1.82) is 0 Å². The molecule has 132 valence electrons. The normalized spacial score (nSPS) is 17.4. The molecule has 1 fully saturated rings. The van der Waals surface area contributed by atoms with Crippen molar-refractivity contribution in [3.8, 4) is 0 Å². The molecule has 1 atom stereocenters. The van der Waals surface area contributed by atoms with Crippen LogP contribution in [0.5, 0.6) is 0 Å². The molecule has 1 aliphatic rings. The number of anilines is 1. The van der Waals surface area contributed by atoms with Gasteiger partial charge in [-0.15, -0.1) is 0 Å². The number of nitrogens with one attached hydrogen (secondary N) is 1. The van der Waals surface area contributed by atoms with Gasteiger partial charge >= 0.3 is 0 Å². The first-order chi connectivity index (χ1) is 11.9. The van der Waals surface area contributed by atoms with Crippen molar-refractivity contribution >= 4 is 11.7 Å². The van der Waals surface area contributed by atoms with Crippen molar-refractivity contribution in [2.45, 2.75) is 45.7 Å². The first-order valence-corrected chi connectivity index (χ1v) is 8.55. The van der Waals surface area contributed by atoms with E-state index in [9.17, 15) is 9.18 Å². The molecule has 1 aromatic carbocycles. The van der Waals surface area contributed by atoms with Crippen LogP contribution in [0.1, 0.15) is 43.3 Å². The fraction of sp³-hybridized carbons (Fsp3) is 0.421. The molecule has 2 heterocycles. The Bertz CT molecular complexity index is 761. The van der Waals surface area contributed by atoms with E-state index in [1.165, 1.54) is 12.1 Å². The second-order valence-corrected chi connectivity index (χ2v) is 6.85. The number of hydrogen-bond acceptors (Lipinski definition) is 4. The Labute approximate surface area is 147 Å². The van der Waals surface area contributed by atoms with Crippen LogP contribution in [0.2, 0.25) is 0 Å². The van der Waals surface area contributed by atoms with Crippen LogP contribution < -0.4 is 5.32 Å². The molecule has 25 heavy (non-hydrogen) atoms. The van der Waals surface area contributed by atoms with E-state index in [0.717, 1.165) is 22.9 Å². The fourth-order valence-electron chi connectivity index (χ4n) is 2.96. The largest absolute Gasteiger partial charge is 0.365 e. The summed E-state index contributed by atoms with van der Waals surface area (Å²) in [6.45, 7) is 7.16. The summed E-state index contributed by atoms with van der Waals surface area (Å²) in [6, 6.07) is 8.19. The average molecular weight is 342 g/mol. The molecule has 1 aliphatic heterocycles. The number of likely N-dealkylation sites (tertiary alicyclic amines) is 1. The monoisotopic (exact) mass is 342 g/mol. The molecule has 6 heteroatoms. The van der Waals surface area contributed by atoms with Gasteiger partial charge in [0.1, 0.15) is 17.5 Å². The Morgan fingerprint density at radius 2 is 2.00 bits per heavy atom. The molecule has 0 saturated carbocycles. The van der Waals surface area contributed by atoms with E-state index < -0.39 is 0 Å². The second-order valence-electron chi connectivity index (χ2n) is 6.85. The highest BCUT2D eigenvalue weighted by atomic mass is 19.1. The summed E-state index contributed by atoms with van der Waals surface area (Å²) in [4.78, 5) is 23.0. The number of carbonyl (C=O) groups is 1. The van der Waals surface area contributed by atoms with Crippen LogP contribution in [-0.4, -0.2) is 33.4 Å². The molecule has 0 unspecified atom stereocenters. The van der Waals surface area contributed by atoms with Crippen LogP contribution in [-0.2, 0) is 11.3 Å². The van der Waals surface area contributed by atoms with Crippen LogP contribution in [0, 0.1) is 12.7 Å². The van der Waals surface area contributed by atoms with Gasteiger partial charge in [-0.1, -0.05) is 26.0 Å². The smallest absolute Gasteiger partial charge is 0.225 e. The molecule has 1 aromatic heterocycles. The zero-order valence-corrected chi connectivity index (χ0v) is 14.8. The van der Waals surface area contributed by atoms with Crippen molar-refractivity contribution in [3.05, 3.63) is 53.2 Å². The third-order valence-electron chi connectivity index (χ3n) is 4.24. The van der Waals surface area contributed by atoms with Gasteiger partial charge in [-0.05, 0) is 24.6 Å². The number of hydrogen-bond donors (Lipinski definition) is 1. The molecule has 0 radical (unpaired) electrons. The van der Waals surface area contributed by atoms with Gasteiger partial charge in [0.2, 0.25) is 5.91 Å². The standard InChI is InChI=1S/C19H23FN4O/c1-12(2)19-21-13(3)8-17(23-19)22-16-9-18(25)24(11-16)10-14-4-6-15(20)7-5-14/h4-8,12,16H,9-11H2,1-3H3,(H,21,22,23)/t16-/m1/s1. The lowest BCUT2D eigenvalue weighted by atomic mass is 10.2. The summed E-state index contributed by atoms with van der Waals surface area (Å²) in [5, 5.41) is 3.36. The first kappa shape index (κ1) is 17.3. The highest BCUT2D eigenvalue weighted by molar-refractivity contribution is 5.80. The van der Waals surface area contributed by atoms with Gasteiger partial charge in [-0.25, -0.2) is 14.4 Å². The van der Waals surface area contributed by atoms with Crippen LogP contribution in [0.25, 0.3) is 0 Å². The average Bonchev–Trinajstić information content (AvgIpc) is 2.88. The number of halogens is 1. The Kier molecular flexibility index (Phi) is 4.97. The zero-order valence-electron chi connectivity index (χ0n) is 14.8.